The number of unbranched alkanes of at least 4 members (excludes halogenated alkanes) is 2. The van der Waals surface area contributed by atoms with Gasteiger partial charge in [0.25, 0.3) is 0 Å². The maximum atomic E-state index is 12.6. The Morgan fingerprint density at radius 2 is 1.02 bits per heavy atom. The largest absolute Gasteiger partial charge is 0.454 e. The van der Waals surface area contributed by atoms with Crippen LogP contribution in [0.2, 0.25) is 20.1 Å². The molecule has 0 aliphatic heterocycles. The second-order valence-electron chi connectivity index (χ2n) is 8.81. The summed E-state index contributed by atoms with van der Waals surface area (Å²) in [7, 11) is -7.49. The first-order chi connectivity index (χ1) is 19.6. The fourth-order valence-corrected chi connectivity index (χ4v) is 7.03. The average molecular weight is 706 g/mol. The molecule has 0 aliphatic rings. The molecule has 0 aliphatic carbocycles. The first-order valence-electron chi connectivity index (χ1n) is 12.4. The SMILES string of the molecule is CCCCS(=O)(=O)Nc1ccc(Cl)c(C(=O)OCC(=O)COC(=O)c2c(Cl)ccc(NS(=O)(=O)CCCC)c2Cl)c1Cl. The number of carbonyl (C=O) groups excluding carboxylic acids is 3. The minimum Gasteiger partial charge on any atom is -0.454 e. The second-order valence-corrected chi connectivity index (χ2v) is 14.1. The van der Waals surface area contributed by atoms with Gasteiger partial charge in [0, 0.05) is 0 Å². The lowest BCUT2D eigenvalue weighted by atomic mass is 10.2. The lowest BCUT2D eigenvalue weighted by Crippen LogP contribution is -2.22. The number of rotatable bonds is 16. The number of Topliss-reactive ketones (excluding diaryl/α,β-unsaturated/α-hetero) is 1. The lowest BCUT2D eigenvalue weighted by molar-refractivity contribution is -0.125. The molecule has 0 saturated heterocycles. The Morgan fingerprint density at radius 1 is 0.667 bits per heavy atom. The summed E-state index contributed by atoms with van der Waals surface area (Å²) in [5.41, 5.74) is -0.966. The predicted molar refractivity (Wildman–Crippen MR) is 163 cm³/mol. The zero-order chi connectivity index (χ0) is 31.7. The first-order valence-corrected chi connectivity index (χ1v) is 17.3. The van der Waals surface area contributed by atoms with Crippen molar-refractivity contribution in [2.45, 2.75) is 39.5 Å². The number of ether oxygens (including phenoxy) is 2. The summed E-state index contributed by atoms with van der Waals surface area (Å²) in [6.45, 7) is 1.94. The smallest absolute Gasteiger partial charge is 0.341 e. The van der Waals surface area contributed by atoms with E-state index in [0.717, 1.165) is 0 Å². The van der Waals surface area contributed by atoms with Crippen LogP contribution in [0.25, 0.3) is 0 Å². The van der Waals surface area contributed by atoms with Crippen molar-refractivity contribution in [1.29, 1.82) is 0 Å². The average Bonchev–Trinajstić information content (AvgIpc) is 2.91. The van der Waals surface area contributed by atoms with Crippen molar-refractivity contribution in [3.05, 3.63) is 55.5 Å². The van der Waals surface area contributed by atoms with E-state index in [2.05, 4.69) is 9.44 Å². The molecule has 232 valence electrons. The van der Waals surface area contributed by atoms with Crippen molar-refractivity contribution >= 4 is 95.5 Å². The third-order valence-electron chi connectivity index (χ3n) is 5.38. The summed E-state index contributed by atoms with van der Waals surface area (Å²) < 4.78 is 63.4. The molecule has 2 rings (SSSR count). The van der Waals surface area contributed by atoms with Gasteiger partial charge in [0.15, 0.2) is 13.2 Å². The van der Waals surface area contributed by atoms with Crippen LogP contribution in [0.15, 0.2) is 24.3 Å². The van der Waals surface area contributed by atoms with Gasteiger partial charge in [-0.2, -0.15) is 0 Å². The number of esters is 2. The van der Waals surface area contributed by atoms with Crippen molar-refractivity contribution in [2.75, 3.05) is 34.2 Å². The van der Waals surface area contributed by atoms with Gasteiger partial charge >= 0.3 is 11.9 Å². The normalized spacial score (nSPS) is 11.6. The molecule has 0 atom stereocenters. The fourth-order valence-electron chi connectivity index (χ4n) is 3.22. The molecular formula is C25H28Cl4N2O9S2. The summed E-state index contributed by atoms with van der Waals surface area (Å²) in [5, 5.41) is -0.980. The van der Waals surface area contributed by atoms with Gasteiger partial charge in [-0.15, -0.1) is 0 Å². The van der Waals surface area contributed by atoms with Gasteiger partial charge in [0.1, 0.15) is 0 Å². The van der Waals surface area contributed by atoms with E-state index in [-0.39, 0.29) is 54.1 Å². The van der Waals surface area contributed by atoms with Crippen LogP contribution in [-0.2, 0) is 34.3 Å². The van der Waals surface area contributed by atoms with E-state index in [4.69, 9.17) is 55.9 Å². The fraction of sp³-hybridized carbons (Fsp3) is 0.400. The van der Waals surface area contributed by atoms with E-state index in [9.17, 15) is 31.2 Å². The highest BCUT2D eigenvalue weighted by atomic mass is 35.5. The van der Waals surface area contributed by atoms with Crippen LogP contribution in [0.4, 0.5) is 11.4 Å². The third-order valence-corrected chi connectivity index (χ3v) is 9.51. The molecule has 0 heterocycles. The van der Waals surface area contributed by atoms with E-state index in [1.807, 2.05) is 13.8 Å². The zero-order valence-corrected chi connectivity index (χ0v) is 27.1. The highest BCUT2D eigenvalue weighted by Crippen LogP contribution is 2.34. The molecule has 0 aromatic heterocycles. The maximum Gasteiger partial charge on any atom is 0.341 e. The minimum absolute atomic E-state index is 0.104. The standard InChI is InChI=1S/C25H28Cl4N2O9S2/c1-3-5-11-41(35,36)30-18-9-7-16(26)20(22(18)28)24(33)39-13-15(32)14-40-25(34)21-17(27)8-10-19(23(21)29)31-42(37,38)12-6-4-2/h7-10,30-31H,3-6,11-14H2,1-2H3. The molecule has 0 spiro atoms. The van der Waals surface area contributed by atoms with Crippen molar-refractivity contribution in [1.82, 2.24) is 0 Å². The van der Waals surface area contributed by atoms with Crippen LogP contribution in [0, 0.1) is 0 Å². The van der Waals surface area contributed by atoms with Crippen molar-refractivity contribution in [2.24, 2.45) is 0 Å². The third kappa shape index (κ3) is 10.5. The van der Waals surface area contributed by atoms with Gasteiger partial charge < -0.3 is 9.47 Å². The topological polar surface area (TPSA) is 162 Å². The number of benzene rings is 2. The zero-order valence-electron chi connectivity index (χ0n) is 22.5. The van der Waals surface area contributed by atoms with E-state index < -0.39 is 51.0 Å². The molecule has 0 radical (unpaired) electrons. The van der Waals surface area contributed by atoms with Crippen LogP contribution < -0.4 is 9.44 Å². The number of sulfonamides is 2. The number of hydrogen-bond acceptors (Lipinski definition) is 9. The Labute approximate surface area is 264 Å². The van der Waals surface area contributed by atoms with Gasteiger partial charge in [-0.25, -0.2) is 26.4 Å². The Balaban J connectivity index is 2.06. The van der Waals surface area contributed by atoms with Crippen LogP contribution in [0.5, 0.6) is 0 Å². The highest BCUT2D eigenvalue weighted by molar-refractivity contribution is 7.93. The number of hydrogen-bond donors (Lipinski definition) is 2. The van der Waals surface area contributed by atoms with Crippen molar-refractivity contribution in [3.63, 3.8) is 0 Å². The molecule has 0 saturated carbocycles. The first kappa shape index (κ1) is 35.9. The molecule has 0 unspecified atom stereocenters. The van der Waals surface area contributed by atoms with Gasteiger partial charge in [-0.1, -0.05) is 73.1 Å². The van der Waals surface area contributed by atoms with Crippen molar-refractivity contribution < 1.29 is 40.7 Å². The molecule has 0 fully saturated rings. The Bertz CT molecular complexity index is 1440. The van der Waals surface area contributed by atoms with Crippen LogP contribution >= 0.6 is 46.4 Å². The predicted octanol–water partition coefficient (Wildman–Crippen LogP) is 5.97. The van der Waals surface area contributed by atoms with Gasteiger partial charge in [0.05, 0.1) is 54.1 Å². The molecule has 17 heteroatoms. The molecule has 0 amide bonds. The molecule has 2 aromatic rings. The van der Waals surface area contributed by atoms with Crippen LogP contribution in [0.3, 0.4) is 0 Å². The Morgan fingerprint density at radius 3 is 1.36 bits per heavy atom. The van der Waals surface area contributed by atoms with Gasteiger partial charge in [-0.3, -0.25) is 14.2 Å². The molecule has 42 heavy (non-hydrogen) atoms. The number of anilines is 2. The van der Waals surface area contributed by atoms with E-state index >= 15 is 0 Å². The summed E-state index contributed by atoms with van der Waals surface area (Å²) in [6.07, 6.45) is 2.10. The second kappa shape index (κ2) is 16.0. The summed E-state index contributed by atoms with van der Waals surface area (Å²) in [4.78, 5) is 37.5. The maximum absolute atomic E-state index is 12.6. The number of halogens is 4. The Kier molecular flexibility index (Phi) is 13.7. The van der Waals surface area contributed by atoms with Crippen molar-refractivity contribution in [3.8, 4) is 0 Å². The summed E-state index contributed by atoms with van der Waals surface area (Å²) >= 11 is 24.5. The van der Waals surface area contributed by atoms with Crippen LogP contribution in [0.1, 0.15) is 60.2 Å². The Hall–Kier alpha value is -2.29. The number of nitrogens with one attached hydrogen (secondary N) is 2. The summed E-state index contributed by atoms with van der Waals surface area (Å²) in [5.74, 6) is -3.44. The molecule has 2 N–H and O–H groups in total. The molecular weight excluding hydrogens is 678 g/mol. The van der Waals surface area contributed by atoms with E-state index in [1.165, 1.54) is 24.3 Å². The van der Waals surface area contributed by atoms with Gasteiger partial charge in [-0.05, 0) is 37.1 Å². The van der Waals surface area contributed by atoms with E-state index in [1.54, 1.807) is 0 Å². The highest BCUT2D eigenvalue weighted by Gasteiger charge is 2.25. The minimum atomic E-state index is -3.75. The summed E-state index contributed by atoms with van der Waals surface area (Å²) in [6, 6.07) is 5.02. The van der Waals surface area contributed by atoms with Gasteiger partial charge in [0.2, 0.25) is 25.8 Å². The molecule has 2 aromatic carbocycles. The number of carbonyl (C=O) groups is 3. The quantitative estimate of drug-likeness (QED) is 0.201. The molecule has 11 nitrogen and oxygen atoms in total. The van der Waals surface area contributed by atoms with E-state index in [0.29, 0.717) is 25.7 Å². The monoisotopic (exact) mass is 704 g/mol. The lowest BCUT2D eigenvalue weighted by Gasteiger charge is -2.14. The number of ketones is 1. The molecule has 0 bridgehead atoms. The van der Waals surface area contributed by atoms with Crippen LogP contribution in [-0.4, -0.2) is 59.3 Å².